The molecule has 35 heavy (non-hydrogen) atoms. The first-order valence-electron chi connectivity index (χ1n) is 12.8. The molecule has 2 aromatic carbocycles. The lowest BCUT2D eigenvalue weighted by atomic mass is 9.91. The molecule has 190 valence electrons. The molecule has 0 saturated heterocycles. The van der Waals surface area contributed by atoms with E-state index in [-0.39, 0.29) is 12.0 Å². The number of nitrogens with zero attached hydrogens (tertiary/aromatic N) is 1. The van der Waals surface area contributed by atoms with E-state index >= 15 is 0 Å². The van der Waals surface area contributed by atoms with Crippen LogP contribution in [0.2, 0.25) is 0 Å². The van der Waals surface area contributed by atoms with Gasteiger partial charge >= 0.3 is 0 Å². The van der Waals surface area contributed by atoms with Crippen molar-refractivity contribution in [3.05, 3.63) is 71.8 Å². The SMILES string of the molecule is CCOC(N)C(CC1C=CCCC1)S(=O)(=O)N(CC)c1cccc(OC2CCc3ccccc32)c1. The summed E-state index contributed by atoms with van der Waals surface area (Å²) in [6, 6.07) is 15.7. The lowest BCUT2D eigenvalue weighted by molar-refractivity contribution is 0.0600. The number of aryl methyl sites for hydroxylation is 1. The molecule has 0 heterocycles. The van der Waals surface area contributed by atoms with Gasteiger partial charge in [-0.25, -0.2) is 8.42 Å². The van der Waals surface area contributed by atoms with Gasteiger partial charge in [-0.15, -0.1) is 0 Å². The van der Waals surface area contributed by atoms with Crippen molar-refractivity contribution in [2.75, 3.05) is 17.5 Å². The summed E-state index contributed by atoms with van der Waals surface area (Å²) >= 11 is 0. The average molecular weight is 499 g/mol. The van der Waals surface area contributed by atoms with Crippen molar-refractivity contribution in [1.29, 1.82) is 0 Å². The van der Waals surface area contributed by atoms with E-state index in [2.05, 4.69) is 30.4 Å². The minimum Gasteiger partial charge on any atom is -0.486 e. The van der Waals surface area contributed by atoms with Crippen molar-refractivity contribution in [3.63, 3.8) is 0 Å². The summed E-state index contributed by atoms with van der Waals surface area (Å²) in [5.41, 5.74) is 9.42. The zero-order valence-electron chi connectivity index (χ0n) is 20.8. The van der Waals surface area contributed by atoms with E-state index in [1.54, 1.807) is 0 Å². The molecule has 2 aliphatic rings. The van der Waals surface area contributed by atoms with Gasteiger partial charge < -0.3 is 15.2 Å². The molecule has 4 unspecified atom stereocenters. The number of fused-ring (bicyclic) bond motifs is 1. The van der Waals surface area contributed by atoms with Gasteiger partial charge in [-0.2, -0.15) is 0 Å². The molecule has 0 fully saturated rings. The summed E-state index contributed by atoms with van der Waals surface area (Å²) in [7, 11) is -3.79. The zero-order chi connectivity index (χ0) is 24.8. The molecular weight excluding hydrogens is 460 g/mol. The van der Waals surface area contributed by atoms with E-state index in [0.717, 1.165) is 32.1 Å². The molecule has 0 saturated carbocycles. The summed E-state index contributed by atoms with van der Waals surface area (Å²) in [6.07, 6.45) is 8.81. The summed E-state index contributed by atoms with van der Waals surface area (Å²) in [4.78, 5) is 0. The molecule has 0 spiro atoms. The predicted octanol–water partition coefficient (Wildman–Crippen LogP) is 5.35. The molecule has 7 heteroatoms. The Kier molecular flexibility index (Phi) is 8.52. The van der Waals surface area contributed by atoms with Gasteiger partial charge in [0, 0.05) is 19.2 Å². The van der Waals surface area contributed by atoms with Crippen LogP contribution in [0.15, 0.2) is 60.7 Å². The van der Waals surface area contributed by atoms with Crippen LogP contribution in [0.1, 0.15) is 63.2 Å². The normalized spacial score (nSPS) is 21.3. The molecule has 4 rings (SSSR count). The third-order valence-electron chi connectivity index (χ3n) is 7.05. The van der Waals surface area contributed by atoms with Crippen LogP contribution in [-0.2, 0) is 21.2 Å². The highest BCUT2D eigenvalue weighted by Crippen LogP contribution is 2.36. The van der Waals surface area contributed by atoms with Crippen LogP contribution in [0.5, 0.6) is 5.75 Å². The summed E-state index contributed by atoms with van der Waals surface area (Å²) < 4.78 is 41.4. The molecule has 4 atom stereocenters. The molecule has 0 aliphatic heterocycles. The van der Waals surface area contributed by atoms with Gasteiger partial charge in [-0.1, -0.05) is 42.5 Å². The predicted molar refractivity (Wildman–Crippen MR) is 141 cm³/mol. The highest BCUT2D eigenvalue weighted by Gasteiger charge is 2.38. The number of rotatable bonds is 11. The molecule has 2 aromatic rings. The van der Waals surface area contributed by atoms with Crippen molar-refractivity contribution >= 4 is 15.7 Å². The van der Waals surface area contributed by atoms with Crippen LogP contribution >= 0.6 is 0 Å². The Morgan fingerprint density at radius 2 is 1.94 bits per heavy atom. The van der Waals surface area contributed by atoms with Gasteiger partial charge in [0.05, 0.1) is 5.69 Å². The third kappa shape index (κ3) is 5.90. The largest absolute Gasteiger partial charge is 0.486 e. The summed E-state index contributed by atoms with van der Waals surface area (Å²) in [5.74, 6) is 0.851. The van der Waals surface area contributed by atoms with E-state index in [9.17, 15) is 8.42 Å². The lowest BCUT2D eigenvalue weighted by Crippen LogP contribution is -2.50. The highest BCUT2D eigenvalue weighted by molar-refractivity contribution is 7.93. The van der Waals surface area contributed by atoms with E-state index < -0.39 is 21.5 Å². The standard InChI is InChI=1S/C28H38N2O4S/c1-3-30(35(31,32)27(28(29)33-4-2)19-21-11-6-5-7-12-21)23-14-10-15-24(20-23)34-26-18-17-22-13-8-9-16-25(22)26/h6,8-11,13-16,20-21,26-28H,3-5,7,12,17-19,29H2,1-2H3. The van der Waals surface area contributed by atoms with E-state index in [1.165, 1.54) is 15.4 Å². The van der Waals surface area contributed by atoms with Crippen LogP contribution in [0, 0.1) is 5.92 Å². The second-order valence-electron chi connectivity index (χ2n) is 9.36. The van der Waals surface area contributed by atoms with Gasteiger partial charge in [-0.05, 0) is 81.5 Å². The van der Waals surface area contributed by atoms with Crippen molar-refractivity contribution in [2.24, 2.45) is 11.7 Å². The molecule has 2 N–H and O–H groups in total. The molecular formula is C28H38N2O4S. The van der Waals surface area contributed by atoms with Crippen molar-refractivity contribution < 1.29 is 17.9 Å². The van der Waals surface area contributed by atoms with Gasteiger partial charge in [0.1, 0.15) is 23.3 Å². The number of sulfonamides is 1. The van der Waals surface area contributed by atoms with Crippen LogP contribution in [0.25, 0.3) is 0 Å². The molecule has 0 radical (unpaired) electrons. The Balaban J connectivity index is 1.58. The van der Waals surface area contributed by atoms with Crippen LogP contribution < -0.4 is 14.8 Å². The van der Waals surface area contributed by atoms with Crippen LogP contribution in [0.4, 0.5) is 5.69 Å². The molecule has 0 amide bonds. The quantitative estimate of drug-likeness (QED) is 0.334. The second kappa shape index (κ2) is 11.6. The Morgan fingerprint density at radius 1 is 1.11 bits per heavy atom. The zero-order valence-corrected chi connectivity index (χ0v) is 21.6. The summed E-state index contributed by atoms with van der Waals surface area (Å²) in [5, 5.41) is -0.832. The fourth-order valence-corrected chi connectivity index (χ4v) is 7.29. The van der Waals surface area contributed by atoms with Crippen molar-refractivity contribution in [3.8, 4) is 5.75 Å². The molecule has 6 nitrogen and oxygen atoms in total. The van der Waals surface area contributed by atoms with E-state index in [1.807, 2.05) is 44.2 Å². The van der Waals surface area contributed by atoms with Gasteiger partial charge in [0.2, 0.25) is 10.0 Å². The maximum absolute atomic E-state index is 14.0. The van der Waals surface area contributed by atoms with Gasteiger partial charge in [0.15, 0.2) is 0 Å². The van der Waals surface area contributed by atoms with Crippen LogP contribution in [0.3, 0.4) is 0 Å². The number of allylic oxidation sites excluding steroid dienone is 2. The minimum absolute atomic E-state index is 0.0228. The third-order valence-corrected chi connectivity index (χ3v) is 9.36. The summed E-state index contributed by atoms with van der Waals surface area (Å²) in [6.45, 7) is 4.35. The number of nitrogens with two attached hydrogens (primary N) is 1. The average Bonchev–Trinajstić information content (AvgIpc) is 3.26. The monoisotopic (exact) mass is 498 g/mol. The first-order valence-corrected chi connectivity index (χ1v) is 14.3. The second-order valence-corrected chi connectivity index (χ2v) is 11.4. The van der Waals surface area contributed by atoms with E-state index in [0.29, 0.717) is 31.0 Å². The topological polar surface area (TPSA) is 81.9 Å². The maximum Gasteiger partial charge on any atom is 0.241 e. The molecule has 0 bridgehead atoms. The Labute approximate surface area is 210 Å². The number of benzene rings is 2. The molecule has 2 aliphatic carbocycles. The van der Waals surface area contributed by atoms with Crippen LogP contribution in [-0.4, -0.2) is 33.0 Å². The van der Waals surface area contributed by atoms with Crippen molar-refractivity contribution in [2.45, 2.75) is 70.0 Å². The Bertz CT molecular complexity index is 1120. The molecule has 0 aromatic heterocycles. The smallest absolute Gasteiger partial charge is 0.241 e. The Hall–Kier alpha value is -2.35. The Morgan fingerprint density at radius 3 is 2.69 bits per heavy atom. The van der Waals surface area contributed by atoms with Gasteiger partial charge in [-0.3, -0.25) is 4.31 Å². The van der Waals surface area contributed by atoms with Crippen molar-refractivity contribution in [1.82, 2.24) is 0 Å². The highest BCUT2D eigenvalue weighted by atomic mass is 32.2. The number of ether oxygens (including phenoxy) is 2. The number of hydrogen-bond acceptors (Lipinski definition) is 5. The number of anilines is 1. The van der Waals surface area contributed by atoms with E-state index in [4.69, 9.17) is 15.2 Å². The first kappa shape index (κ1) is 25.7. The van der Waals surface area contributed by atoms with Gasteiger partial charge in [0.25, 0.3) is 0 Å². The fraction of sp³-hybridized carbons (Fsp3) is 0.500. The first-order chi connectivity index (χ1) is 16.9. The number of hydrogen-bond donors (Lipinski definition) is 1. The fourth-order valence-electron chi connectivity index (χ4n) is 5.29. The maximum atomic E-state index is 14.0. The minimum atomic E-state index is -3.79. The lowest BCUT2D eigenvalue weighted by Gasteiger charge is -2.33.